The van der Waals surface area contributed by atoms with E-state index in [1.807, 2.05) is 17.5 Å². The number of nitrogens with zero attached hydrogens (tertiary/aromatic N) is 1. The molecular weight excluding hydrogens is 496 g/mol. The van der Waals surface area contributed by atoms with Gasteiger partial charge in [-0.3, -0.25) is 9.59 Å². The fraction of sp³-hybridized carbons (Fsp3) is 0.259. The number of rotatable bonds is 8. The van der Waals surface area contributed by atoms with Crippen molar-refractivity contribution in [1.29, 1.82) is 0 Å². The predicted octanol–water partition coefficient (Wildman–Crippen LogP) is 4.99. The largest absolute Gasteiger partial charge is 0.497 e. The van der Waals surface area contributed by atoms with E-state index in [1.165, 1.54) is 14.0 Å². The van der Waals surface area contributed by atoms with Crippen LogP contribution in [-0.2, 0) is 21.4 Å². The van der Waals surface area contributed by atoms with Gasteiger partial charge in [0.25, 0.3) is 21.8 Å². The Labute approximate surface area is 215 Å². The molecular formula is C27H28N2O5S2. The Bertz CT molecular complexity index is 1390. The third kappa shape index (κ3) is 4.94. The minimum Gasteiger partial charge on any atom is -0.497 e. The van der Waals surface area contributed by atoms with Gasteiger partial charge in [0.15, 0.2) is 0 Å². The lowest BCUT2D eigenvalue weighted by molar-refractivity contribution is -0.122. The summed E-state index contributed by atoms with van der Waals surface area (Å²) in [5, 5.41) is 5.06. The molecule has 1 aliphatic heterocycles. The zero-order valence-electron chi connectivity index (χ0n) is 20.5. The lowest BCUT2D eigenvalue weighted by Gasteiger charge is -2.21. The van der Waals surface area contributed by atoms with Crippen molar-refractivity contribution in [1.82, 2.24) is 9.62 Å². The van der Waals surface area contributed by atoms with Crippen LogP contribution in [0.1, 0.15) is 53.2 Å². The molecule has 1 aliphatic rings. The first kappa shape index (κ1) is 25.7. The quantitative estimate of drug-likeness (QED) is 0.448. The molecule has 36 heavy (non-hydrogen) atoms. The summed E-state index contributed by atoms with van der Waals surface area (Å²) in [5.74, 6) is 0.0416. The maximum Gasteiger partial charge on any atom is 0.268 e. The SMILES string of the molecule is COc1ccc(C2=C(C)C(=O)N(Cc3ccc(C(=O)N[C@@H](c4cccs4)C(C)C)cc3)S2(=O)=O)cc1. The third-order valence-electron chi connectivity index (χ3n) is 6.13. The van der Waals surface area contributed by atoms with Crippen LogP contribution in [0.5, 0.6) is 5.75 Å². The van der Waals surface area contributed by atoms with Crippen LogP contribution in [0, 0.1) is 5.92 Å². The van der Waals surface area contributed by atoms with Gasteiger partial charge in [-0.05, 0) is 71.8 Å². The van der Waals surface area contributed by atoms with E-state index in [0.717, 1.165) is 9.18 Å². The molecule has 3 aromatic rings. The molecule has 0 saturated carbocycles. The van der Waals surface area contributed by atoms with E-state index in [0.29, 0.717) is 22.4 Å². The Morgan fingerprint density at radius 3 is 2.28 bits per heavy atom. The van der Waals surface area contributed by atoms with Crippen LogP contribution < -0.4 is 10.1 Å². The van der Waals surface area contributed by atoms with Crippen molar-refractivity contribution in [3.05, 3.63) is 93.2 Å². The Kier molecular flexibility index (Phi) is 7.33. The molecule has 0 radical (unpaired) electrons. The molecule has 2 aromatic carbocycles. The first-order valence-corrected chi connectivity index (χ1v) is 13.8. The molecule has 4 rings (SSSR count). The van der Waals surface area contributed by atoms with E-state index >= 15 is 0 Å². The van der Waals surface area contributed by atoms with Crippen LogP contribution in [0.4, 0.5) is 0 Å². The van der Waals surface area contributed by atoms with Crippen molar-refractivity contribution in [2.45, 2.75) is 33.4 Å². The van der Waals surface area contributed by atoms with Crippen molar-refractivity contribution < 1.29 is 22.7 Å². The minimum atomic E-state index is -4.03. The molecule has 0 bridgehead atoms. The second-order valence-electron chi connectivity index (χ2n) is 8.91. The van der Waals surface area contributed by atoms with Gasteiger partial charge in [-0.2, -0.15) is 0 Å². The average Bonchev–Trinajstić information content (AvgIpc) is 3.45. The van der Waals surface area contributed by atoms with Gasteiger partial charge in [-0.1, -0.05) is 32.0 Å². The Hall–Kier alpha value is -3.43. The third-order valence-corrected chi connectivity index (χ3v) is 9.02. The van der Waals surface area contributed by atoms with Crippen LogP contribution in [-0.4, -0.2) is 31.6 Å². The number of benzene rings is 2. The molecule has 0 aliphatic carbocycles. The molecule has 0 fully saturated rings. The number of ether oxygens (including phenoxy) is 1. The Morgan fingerprint density at radius 1 is 1.06 bits per heavy atom. The summed E-state index contributed by atoms with van der Waals surface area (Å²) in [6.45, 7) is 5.50. The number of nitrogens with one attached hydrogen (secondary N) is 1. The fourth-order valence-corrected chi connectivity index (χ4v) is 6.90. The van der Waals surface area contributed by atoms with Crippen molar-refractivity contribution in [3.8, 4) is 5.75 Å². The number of hydrogen-bond donors (Lipinski definition) is 1. The van der Waals surface area contributed by atoms with Gasteiger partial charge in [0.2, 0.25) is 0 Å². The molecule has 0 unspecified atom stereocenters. The smallest absolute Gasteiger partial charge is 0.268 e. The van der Waals surface area contributed by atoms with Gasteiger partial charge >= 0.3 is 0 Å². The predicted molar refractivity (Wildman–Crippen MR) is 141 cm³/mol. The van der Waals surface area contributed by atoms with E-state index in [2.05, 4.69) is 19.2 Å². The van der Waals surface area contributed by atoms with E-state index in [9.17, 15) is 18.0 Å². The minimum absolute atomic E-state index is 0.000504. The first-order chi connectivity index (χ1) is 17.1. The van der Waals surface area contributed by atoms with E-state index in [1.54, 1.807) is 59.9 Å². The highest BCUT2D eigenvalue weighted by atomic mass is 32.2. The highest BCUT2D eigenvalue weighted by Gasteiger charge is 2.42. The lowest BCUT2D eigenvalue weighted by atomic mass is 10.0. The van der Waals surface area contributed by atoms with Crippen LogP contribution in [0.25, 0.3) is 4.91 Å². The summed E-state index contributed by atoms with van der Waals surface area (Å²) in [4.78, 5) is 26.9. The number of methoxy groups -OCH3 is 1. The highest BCUT2D eigenvalue weighted by molar-refractivity contribution is 7.99. The van der Waals surface area contributed by atoms with Gasteiger partial charge in [0.05, 0.1) is 19.7 Å². The first-order valence-electron chi connectivity index (χ1n) is 11.5. The Balaban J connectivity index is 1.50. The van der Waals surface area contributed by atoms with Crippen molar-refractivity contribution >= 4 is 38.1 Å². The van der Waals surface area contributed by atoms with E-state index < -0.39 is 15.9 Å². The monoisotopic (exact) mass is 524 g/mol. The number of carbonyl (C=O) groups excluding carboxylic acids is 2. The van der Waals surface area contributed by atoms with Crippen molar-refractivity contribution in [3.63, 3.8) is 0 Å². The molecule has 2 amide bonds. The summed E-state index contributed by atoms with van der Waals surface area (Å²) in [5.41, 5.74) is 1.67. The number of thiophene rings is 1. The summed E-state index contributed by atoms with van der Waals surface area (Å²) >= 11 is 1.60. The normalized spacial score (nSPS) is 15.9. The maximum absolute atomic E-state index is 13.3. The van der Waals surface area contributed by atoms with E-state index in [-0.39, 0.29) is 34.9 Å². The molecule has 2 heterocycles. The van der Waals surface area contributed by atoms with Crippen molar-refractivity contribution in [2.75, 3.05) is 7.11 Å². The fourth-order valence-electron chi connectivity index (χ4n) is 4.15. The zero-order chi connectivity index (χ0) is 26.0. The molecule has 188 valence electrons. The topological polar surface area (TPSA) is 92.8 Å². The second-order valence-corrected chi connectivity index (χ2v) is 11.7. The molecule has 9 heteroatoms. The summed E-state index contributed by atoms with van der Waals surface area (Å²) < 4.78 is 32.6. The van der Waals surface area contributed by atoms with Gasteiger partial charge in [0, 0.05) is 16.0 Å². The number of amides is 2. The van der Waals surface area contributed by atoms with Gasteiger partial charge < -0.3 is 10.1 Å². The van der Waals surface area contributed by atoms with Gasteiger partial charge in [-0.15, -0.1) is 11.3 Å². The standard InChI is InChI=1S/C27H28N2O5S2/c1-17(2)24(23-6-5-15-35-23)28-26(30)21-9-7-19(8-10-21)16-29-27(31)18(3)25(36(29,32)33)20-11-13-22(34-4)14-12-20/h5-15,17,24H,16H2,1-4H3,(H,28,30)/t24-/m1/s1. The number of sulfonamides is 1. The van der Waals surface area contributed by atoms with Crippen LogP contribution in [0.2, 0.25) is 0 Å². The van der Waals surface area contributed by atoms with Crippen LogP contribution in [0.15, 0.2) is 71.6 Å². The molecule has 0 saturated heterocycles. The Morgan fingerprint density at radius 2 is 1.72 bits per heavy atom. The molecule has 1 atom stereocenters. The second kappa shape index (κ2) is 10.3. The number of carbonyl (C=O) groups is 2. The summed E-state index contributed by atoms with van der Waals surface area (Å²) in [6.07, 6.45) is 0. The van der Waals surface area contributed by atoms with Gasteiger partial charge in [0.1, 0.15) is 10.7 Å². The summed E-state index contributed by atoms with van der Waals surface area (Å²) in [7, 11) is -2.50. The van der Waals surface area contributed by atoms with E-state index in [4.69, 9.17) is 4.74 Å². The van der Waals surface area contributed by atoms with Crippen molar-refractivity contribution in [2.24, 2.45) is 5.92 Å². The zero-order valence-corrected chi connectivity index (χ0v) is 22.2. The average molecular weight is 525 g/mol. The van der Waals surface area contributed by atoms with Crippen LogP contribution >= 0.6 is 11.3 Å². The highest BCUT2D eigenvalue weighted by Crippen LogP contribution is 2.37. The molecule has 1 N–H and O–H groups in total. The van der Waals surface area contributed by atoms with Gasteiger partial charge in [-0.25, -0.2) is 12.7 Å². The molecule has 7 nitrogen and oxygen atoms in total. The summed E-state index contributed by atoms with van der Waals surface area (Å²) in [6, 6.07) is 17.1. The van der Waals surface area contributed by atoms with Crippen LogP contribution in [0.3, 0.4) is 0 Å². The maximum atomic E-state index is 13.3. The lowest BCUT2D eigenvalue weighted by Crippen LogP contribution is -2.31. The number of hydrogen-bond acceptors (Lipinski definition) is 6. The molecule has 0 spiro atoms. The molecule has 1 aromatic heterocycles.